The Bertz CT molecular complexity index is 669. The van der Waals surface area contributed by atoms with Crippen molar-refractivity contribution in [2.24, 2.45) is 5.92 Å². The summed E-state index contributed by atoms with van der Waals surface area (Å²) >= 11 is 0. The number of hydrogen-bond acceptors (Lipinski definition) is 4. The van der Waals surface area contributed by atoms with Gasteiger partial charge in [0.2, 0.25) is 5.91 Å². The molecule has 25 heavy (non-hydrogen) atoms. The zero-order chi connectivity index (χ0) is 17.8. The quantitative estimate of drug-likeness (QED) is 0.866. The summed E-state index contributed by atoms with van der Waals surface area (Å²) in [5, 5.41) is 12.1. The normalized spacial score (nSPS) is 23.3. The van der Waals surface area contributed by atoms with Crippen LogP contribution in [-0.4, -0.2) is 53.6 Å². The Morgan fingerprint density at radius 2 is 2.04 bits per heavy atom. The van der Waals surface area contributed by atoms with Crippen molar-refractivity contribution in [3.63, 3.8) is 0 Å². The van der Waals surface area contributed by atoms with Crippen LogP contribution < -0.4 is 5.32 Å². The van der Waals surface area contributed by atoms with Crippen LogP contribution in [0.1, 0.15) is 36.0 Å². The number of anilines is 1. The molecule has 0 aromatic heterocycles. The van der Waals surface area contributed by atoms with Crippen LogP contribution in [0.25, 0.3) is 0 Å². The number of rotatable bonds is 4. The first-order valence-electron chi connectivity index (χ1n) is 8.58. The van der Waals surface area contributed by atoms with Crippen molar-refractivity contribution >= 4 is 23.5 Å². The standard InChI is InChI=1S/C18H22N2O5/c21-16(13-7-9-25-11-13)19-14-5-3-4-12(10-14)17(22)20-8-2-1-6-15(20)18(23)24/h3-5,10,13,15H,1-2,6-9,11H2,(H,19,21)(H,23,24)/t13-,15+/m0/s1. The Hall–Kier alpha value is -2.41. The first kappa shape index (κ1) is 17.4. The lowest BCUT2D eigenvalue weighted by Gasteiger charge is -2.33. The molecule has 0 spiro atoms. The van der Waals surface area contributed by atoms with Crippen molar-refractivity contribution < 1.29 is 24.2 Å². The number of carbonyl (C=O) groups is 3. The van der Waals surface area contributed by atoms with Gasteiger partial charge in [-0.3, -0.25) is 9.59 Å². The van der Waals surface area contributed by atoms with Crippen molar-refractivity contribution in [3.05, 3.63) is 29.8 Å². The predicted molar refractivity (Wildman–Crippen MR) is 90.3 cm³/mol. The van der Waals surface area contributed by atoms with Gasteiger partial charge in [-0.25, -0.2) is 4.79 Å². The molecule has 1 aromatic rings. The van der Waals surface area contributed by atoms with Crippen molar-refractivity contribution in [3.8, 4) is 0 Å². The van der Waals surface area contributed by atoms with Gasteiger partial charge in [-0.2, -0.15) is 0 Å². The second kappa shape index (κ2) is 7.65. The van der Waals surface area contributed by atoms with E-state index in [1.54, 1.807) is 24.3 Å². The molecule has 2 saturated heterocycles. The third-order valence-electron chi connectivity index (χ3n) is 4.73. The number of piperidine rings is 1. The first-order chi connectivity index (χ1) is 12.1. The Morgan fingerprint density at radius 3 is 2.76 bits per heavy atom. The van der Waals surface area contributed by atoms with Gasteiger partial charge in [-0.1, -0.05) is 6.07 Å². The van der Waals surface area contributed by atoms with Crippen LogP contribution in [0.15, 0.2) is 24.3 Å². The Kier molecular flexibility index (Phi) is 5.33. The topological polar surface area (TPSA) is 95.9 Å². The average molecular weight is 346 g/mol. The van der Waals surface area contributed by atoms with Gasteiger partial charge in [0.15, 0.2) is 0 Å². The van der Waals surface area contributed by atoms with Crippen LogP contribution in [0.4, 0.5) is 5.69 Å². The molecule has 0 aliphatic carbocycles. The van der Waals surface area contributed by atoms with Crippen LogP contribution in [-0.2, 0) is 14.3 Å². The minimum atomic E-state index is -0.973. The molecule has 3 rings (SSSR count). The molecule has 2 aliphatic heterocycles. The lowest BCUT2D eigenvalue weighted by atomic mass is 10.0. The summed E-state index contributed by atoms with van der Waals surface area (Å²) in [6.07, 6.45) is 2.77. The van der Waals surface area contributed by atoms with Crippen molar-refractivity contribution in [1.82, 2.24) is 4.90 Å². The van der Waals surface area contributed by atoms with Gasteiger partial charge in [-0.05, 0) is 43.9 Å². The van der Waals surface area contributed by atoms with E-state index in [2.05, 4.69) is 5.32 Å². The van der Waals surface area contributed by atoms with Crippen LogP contribution in [0, 0.1) is 5.92 Å². The number of hydrogen-bond donors (Lipinski definition) is 2. The molecule has 2 N–H and O–H groups in total. The van der Waals surface area contributed by atoms with Gasteiger partial charge < -0.3 is 20.1 Å². The maximum absolute atomic E-state index is 12.7. The van der Waals surface area contributed by atoms with Crippen molar-refractivity contribution in [2.45, 2.75) is 31.7 Å². The molecule has 2 heterocycles. The molecule has 2 amide bonds. The van der Waals surface area contributed by atoms with Gasteiger partial charge in [0.25, 0.3) is 5.91 Å². The number of amides is 2. The molecule has 7 nitrogen and oxygen atoms in total. The SMILES string of the molecule is O=C(Nc1cccc(C(=O)N2CCCC[C@@H]2C(=O)O)c1)[C@H]1CCOC1. The molecular formula is C18H22N2O5. The smallest absolute Gasteiger partial charge is 0.326 e. The fraction of sp³-hybridized carbons (Fsp3) is 0.500. The highest BCUT2D eigenvalue weighted by Gasteiger charge is 2.32. The van der Waals surface area contributed by atoms with E-state index in [9.17, 15) is 19.5 Å². The third-order valence-corrected chi connectivity index (χ3v) is 4.73. The molecular weight excluding hydrogens is 324 g/mol. The summed E-state index contributed by atoms with van der Waals surface area (Å²) in [4.78, 5) is 37.7. The number of likely N-dealkylation sites (tertiary alicyclic amines) is 1. The first-order valence-corrected chi connectivity index (χ1v) is 8.58. The molecule has 1 aromatic carbocycles. The number of ether oxygens (including phenoxy) is 1. The number of benzene rings is 1. The van der Waals surface area contributed by atoms with Gasteiger partial charge >= 0.3 is 5.97 Å². The number of carboxylic acid groups (broad SMARTS) is 1. The molecule has 0 unspecified atom stereocenters. The van der Waals surface area contributed by atoms with E-state index in [0.717, 1.165) is 12.8 Å². The van der Waals surface area contributed by atoms with Crippen LogP contribution >= 0.6 is 0 Å². The molecule has 2 atom stereocenters. The zero-order valence-electron chi connectivity index (χ0n) is 13.9. The van der Waals surface area contributed by atoms with Crippen LogP contribution in [0.5, 0.6) is 0 Å². The number of nitrogens with one attached hydrogen (secondary N) is 1. The predicted octanol–water partition coefficient (Wildman–Crippen LogP) is 1.74. The average Bonchev–Trinajstić information content (AvgIpc) is 3.16. The summed E-state index contributed by atoms with van der Waals surface area (Å²) < 4.78 is 5.21. The Labute approximate surface area is 146 Å². The molecule has 0 saturated carbocycles. The Morgan fingerprint density at radius 1 is 1.20 bits per heavy atom. The lowest BCUT2D eigenvalue weighted by Crippen LogP contribution is -2.48. The van der Waals surface area contributed by atoms with E-state index < -0.39 is 12.0 Å². The highest BCUT2D eigenvalue weighted by atomic mass is 16.5. The second-order valence-corrected chi connectivity index (χ2v) is 6.48. The van der Waals surface area contributed by atoms with Crippen LogP contribution in [0.3, 0.4) is 0 Å². The van der Waals surface area contributed by atoms with Gasteiger partial charge in [0.1, 0.15) is 6.04 Å². The van der Waals surface area contributed by atoms with E-state index in [0.29, 0.717) is 43.9 Å². The van der Waals surface area contributed by atoms with Crippen molar-refractivity contribution in [1.29, 1.82) is 0 Å². The second-order valence-electron chi connectivity index (χ2n) is 6.48. The highest BCUT2D eigenvalue weighted by Crippen LogP contribution is 2.22. The molecule has 0 radical (unpaired) electrons. The molecule has 7 heteroatoms. The zero-order valence-corrected chi connectivity index (χ0v) is 13.9. The molecule has 0 bridgehead atoms. The minimum Gasteiger partial charge on any atom is -0.480 e. The van der Waals surface area contributed by atoms with E-state index >= 15 is 0 Å². The monoisotopic (exact) mass is 346 g/mol. The van der Waals surface area contributed by atoms with Gasteiger partial charge in [-0.15, -0.1) is 0 Å². The van der Waals surface area contributed by atoms with Gasteiger partial charge in [0.05, 0.1) is 12.5 Å². The molecule has 134 valence electrons. The summed E-state index contributed by atoms with van der Waals surface area (Å²) in [6.45, 7) is 1.44. The molecule has 2 fully saturated rings. The minimum absolute atomic E-state index is 0.122. The van der Waals surface area contributed by atoms with E-state index in [4.69, 9.17) is 4.74 Å². The summed E-state index contributed by atoms with van der Waals surface area (Å²) in [7, 11) is 0. The Balaban J connectivity index is 1.72. The van der Waals surface area contributed by atoms with Gasteiger partial charge in [0, 0.05) is 24.4 Å². The molecule has 2 aliphatic rings. The fourth-order valence-electron chi connectivity index (χ4n) is 3.31. The largest absolute Gasteiger partial charge is 0.480 e. The number of aliphatic carboxylic acids is 1. The number of carbonyl (C=O) groups excluding carboxylic acids is 2. The third kappa shape index (κ3) is 3.99. The lowest BCUT2D eigenvalue weighted by molar-refractivity contribution is -0.143. The maximum atomic E-state index is 12.7. The summed E-state index contributed by atoms with van der Waals surface area (Å²) in [5.74, 6) is -1.58. The fourth-order valence-corrected chi connectivity index (χ4v) is 3.31. The summed E-state index contributed by atoms with van der Waals surface area (Å²) in [6, 6.07) is 5.87. The number of carboxylic acids is 1. The van der Waals surface area contributed by atoms with E-state index in [1.165, 1.54) is 4.90 Å². The highest BCUT2D eigenvalue weighted by molar-refractivity contribution is 5.99. The van der Waals surface area contributed by atoms with E-state index in [1.807, 2.05) is 0 Å². The van der Waals surface area contributed by atoms with Crippen molar-refractivity contribution in [2.75, 3.05) is 25.1 Å². The van der Waals surface area contributed by atoms with Crippen LogP contribution in [0.2, 0.25) is 0 Å². The summed E-state index contributed by atoms with van der Waals surface area (Å²) in [5.41, 5.74) is 0.917. The van der Waals surface area contributed by atoms with E-state index in [-0.39, 0.29) is 17.7 Å². The number of nitrogens with zero attached hydrogens (tertiary/aromatic N) is 1. The maximum Gasteiger partial charge on any atom is 0.326 e.